The van der Waals surface area contributed by atoms with Crippen LogP contribution in [0.25, 0.3) is 0 Å². The number of ketones is 1. The van der Waals surface area contributed by atoms with Gasteiger partial charge in [0.15, 0.2) is 11.8 Å². The van der Waals surface area contributed by atoms with Gasteiger partial charge in [0.25, 0.3) is 0 Å². The molecule has 3 aromatic carbocycles. The Bertz CT molecular complexity index is 1040. The number of rotatable bonds is 7. The summed E-state index contributed by atoms with van der Waals surface area (Å²) < 4.78 is 6.16. The first-order valence-electron chi connectivity index (χ1n) is 11.4. The number of esters is 1. The van der Waals surface area contributed by atoms with Crippen molar-refractivity contribution in [1.82, 2.24) is 0 Å². The van der Waals surface area contributed by atoms with Crippen LogP contribution < -0.4 is 10.6 Å². The molecule has 5 heteroatoms. The maximum absolute atomic E-state index is 13.6. The van der Waals surface area contributed by atoms with E-state index in [4.69, 9.17) is 10.5 Å². The summed E-state index contributed by atoms with van der Waals surface area (Å²) in [6, 6.07) is 25.7. The summed E-state index contributed by atoms with van der Waals surface area (Å²) in [6.45, 7) is 4.02. The SMILES string of the molecule is CC(C)C1(CCc2ccc(N)cc2)CC(=O)C(N(c2ccccc2)c2ccccc2)C(=O)O1. The molecule has 2 atom stereocenters. The van der Waals surface area contributed by atoms with Gasteiger partial charge in [-0.15, -0.1) is 0 Å². The predicted octanol–water partition coefficient (Wildman–Crippen LogP) is 5.32. The third kappa shape index (κ3) is 4.77. The number of nitrogens with two attached hydrogens (primary N) is 1. The summed E-state index contributed by atoms with van der Waals surface area (Å²) in [7, 11) is 0. The lowest BCUT2D eigenvalue weighted by Gasteiger charge is -2.44. The molecule has 4 rings (SSSR count). The summed E-state index contributed by atoms with van der Waals surface area (Å²) >= 11 is 0. The van der Waals surface area contributed by atoms with E-state index in [1.165, 1.54) is 0 Å². The second-order valence-corrected chi connectivity index (χ2v) is 8.97. The quantitative estimate of drug-likeness (QED) is 0.305. The van der Waals surface area contributed by atoms with Crippen molar-refractivity contribution >= 4 is 28.8 Å². The first-order chi connectivity index (χ1) is 15.9. The fraction of sp³-hybridized carbons (Fsp3) is 0.286. The van der Waals surface area contributed by atoms with Crippen LogP contribution >= 0.6 is 0 Å². The molecule has 0 aromatic heterocycles. The third-order valence-corrected chi connectivity index (χ3v) is 6.50. The number of anilines is 3. The molecule has 1 saturated heterocycles. The van der Waals surface area contributed by atoms with Crippen LogP contribution in [0.4, 0.5) is 17.1 Å². The number of Topliss-reactive ketones (excluding diaryl/α,β-unsaturated/α-hetero) is 1. The van der Waals surface area contributed by atoms with Gasteiger partial charge < -0.3 is 15.4 Å². The molecule has 5 nitrogen and oxygen atoms in total. The van der Waals surface area contributed by atoms with Crippen molar-refractivity contribution in [2.24, 2.45) is 5.92 Å². The standard InChI is InChI=1S/C28H30N2O3/c1-20(2)28(18-17-21-13-15-22(29)16-14-21)19-25(31)26(27(32)33-28)30(23-9-5-3-6-10-23)24-11-7-4-8-12-24/h3-16,20,26H,17-19,29H2,1-2H3. The topological polar surface area (TPSA) is 72.6 Å². The van der Waals surface area contributed by atoms with E-state index in [-0.39, 0.29) is 18.1 Å². The molecule has 1 aliphatic rings. The summed E-state index contributed by atoms with van der Waals surface area (Å²) in [4.78, 5) is 28.9. The van der Waals surface area contributed by atoms with Gasteiger partial charge in [-0.1, -0.05) is 62.4 Å². The maximum atomic E-state index is 13.6. The average molecular weight is 443 g/mol. The van der Waals surface area contributed by atoms with Gasteiger partial charge >= 0.3 is 5.97 Å². The number of cyclic esters (lactones) is 1. The number of benzene rings is 3. The third-order valence-electron chi connectivity index (χ3n) is 6.50. The zero-order chi connectivity index (χ0) is 23.4. The van der Waals surface area contributed by atoms with Gasteiger partial charge in [-0.05, 0) is 60.7 Å². The van der Waals surface area contributed by atoms with Crippen molar-refractivity contribution in [2.75, 3.05) is 10.6 Å². The zero-order valence-corrected chi connectivity index (χ0v) is 19.1. The van der Waals surface area contributed by atoms with Crippen LogP contribution in [0.5, 0.6) is 0 Å². The monoisotopic (exact) mass is 442 g/mol. The van der Waals surface area contributed by atoms with E-state index in [9.17, 15) is 9.59 Å². The molecule has 1 fully saturated rings. The minimum Gasteiger partial charge on any atom is -0.456 e. The smallest absolute Gasteiger partial charge is 0.337 e. The Morgan fingerprint density at radius 2 is 1.45 bits per heavy atom. The molecule has 0 saturated carbocycles. The van der Waals surface area contributed by atoms with Gasteiger partial charge in [-0.2, -0.15) is 0 Å². The number of para-hydroxylation sites is 2. The Balaban J connectivity index is 1.62. The lowest BCUT2D eigenvalue weighted by molar-refractivity contribution is -0.179. The van der Waals surface area contributed by atoms with Crippen molar-refractivity contribution in [3.63, 3.8) is 0 Å². The minimum atomic E-state index is -1.02. The second kappa shape index (κ2) is 9.49. The molecule has 0 radical (unpaired) electrons. The van der Waals surface area contributed by atoms with Gasteiger partial charge in [-0.25, -0.2) is 4.79 Å². The Morgan fingerprint density at radius 1 is 0.909 bits per heavy atom. The van der Waals surface area contributed by atoms with Gasteiger partial charge in [0.1, 0.15) is 5.60 Å². The largest absolute Gasteiger partial charge is 0.456 e. The van der Waals surface area contributed by atoms with Crippen molar-refractivity contribution in [1.29, 1.82) is 0 Å². The molecule has 2 unspecified atom stereocenters. The Labute approximate surface area is 195 Å². The molecule has 0 amide bonds. The Morgan fingerprint density at radius 3 is 1.94 bits per heavy atom. The first-order valence-corrected chi connectivity index (χ1v) is 11.4. The number of hydrogen-bond acceptors (Lipinski definition) is 5. The molecule has 2 N–H and O–H groups in total. The highest BCUT2D eigenvalue weighted by atomic mass is 16.6. The average Bonchev–Trinajstić information content (AvgIpc) is 2.82. The fourth-order valence-electron chi connectivity index (χ4n) is 4.48. The van der Waals surface area contributed by atoms with Crippen molar-refractivity contribution in [3.05, 3.63) is 90.5 Å². The molecule has 3 aromatic rings. The molecule has 0 bridgehead atoms. The van der Waals surface area contributed by atoms with E-state index in [2.05, 4.69) is 0 Å². The number of carbonyl (C=O) groups is 2. The second-order valence-electron chi connectivity index (χ2n) is 8.97. The molecule has 0 spiro atoms. The number of carbonyl (C=O) groups excluding carboxylic acids is 2. The van der Waals surface area contributed by atoms with E-state index in [1.54, 1.807) is 4.90 Å². The summed E-state index contributed by atoms with van der Waals surface area (Å²) in [6.07, 6.45) is 1.46. The molecular formula is C28H30N2O3. The van der Waals surface area contributed by atoms with Gasteiger partial charge in [0, 0.05) is 23.5 Å². The molecular weight excluding hydrogens is 412 g/mol. The summed E-state index contributed by atoms with van der Waals surface area (Å²) in [5.74, 6) is -0.614. The van der Waals surface area contributed by atoms with E-state index >= 15 is 0 Å². The van der Waals surface area contributed by atoms with E-state index in [0.29, 0.717) is 18.5 Å². The first kappa shape index (κ1) is 22.6. The molecule has 33 heavy (non-hydrogen) atoms. The van der Waals surface area contributed by atoms with E-state index < -0.39 is 17.6 Å². The number of nitrogens with zero attached hydrogens (tertiary/aromatic N) is 1. The van der Waals surface area contributed by atoms with Gasteiger partial charge in [0.05, 0.1) is 0 Å². The van der Waals surface area contributed by atoms with Crippen molar-refractivity contribution < 1.29 is 14.3 Å². The van der Waals surface area contributed by atoms with Crippen LogP contribution in [0.15, 0.2) is 84.9 Å². The Hall–Kier alpha value is -3.60. The highest BCUT2D eigenvalue weighted by Gasteiger charge is 2.50. The number of aryl methyl sites for hydroxylation is 1. The van der Waals surface area contributed by atoms with Crippen LogP contribution in [-0.2, 0) is 20.7 Å². The van der Waals surface area contributed by atoms with Gasteiger partial charge in [0.2, 0.25) is 0 Å². The van der Waals surface area contributed by atoms with Crippen molar-refractivity contribution in [3.8, 4) is 0 Å². The summed E-state index contributed by atoms with van der Waals surface area (Å²) in [5.41, 5.74) is 8.33. The zero-order valence-electron chi connectivity index (χ0n) is 19.1. The van der Waals surface area contributed by atoms with Gasteiger partial charge in [-0.3, -0.25) is 4.79 Å². The Kier molecular flexibility index (Phi) is 6.50. The normalized spacial score (nSPS) is 20.5. The maximum Gasteiger partial charge on any atom is 0.337 e. The van der Waals surface area contributed by atoms with Crippen LogP contribution in [0.2, 0.25) is 0 Å². The van der Waals surface area contributed by atoms with Crippen LogP contribution in [0, 0.1) is 5.92 Å². The van der Waals surface area contributed by atoms with Crippen LogP contribution in [0.3, 0.4) is 0 Å². The number of ether oxygens (including phenoxy) is 1. The molecule has 1 heterocycles. The highest BCUT2D eigenvalue weighted by molar-refractivity contribution is 6.09. The minimum absolute atomic E-state index is 0.00188. The fourth-order valence-corrected chi connectivity index (χ4v) is 4.48. The van der Waals surface area contributed by atoms with E-state index in [1.807, 2.05) is 98.8 Å². The lowest BCUT2D eigenvalue weighted by atomic mass is 9.77. The van der Waals surface area contributed by atoms with Crippen LogP contribution in [0.1, 0.15) is 32.3 Å². The van der Waals surface area contributed by atoms with Crippen LogP contribution in [-0.4, -0.2) is 23.4 Å². The molecule has 1 aliphatic heterocycles. The molecule has 170 valence electrons. The number of nitrogen functional groups attached to an aromatic ring is 1. The number of hydrogen-bond donors (Lipinski definition) is 1. The predicted molar refractivity (Wildman–Crippen MR) is 131 cm³/mol. The summed E-state index contributed by atoms with van der Waals surface area (Å²) in [5, 5.41) is 0. The van der Waals surface area contributed by atoms with E-state index in [0.717, 1.165) is 16.9 Å². The highest BCUT2D eigenvalue weighted by Crippen LogP contribution is 2.39. The lowest BCUT2D eigenvalue weighted by Crippen LogP contribution is -2.58. The molecule has 0 aliphatic carbocycles. The van der Waals surface area contributed by atoms with Crippen molar-refractivity contribution in [2.45, 2.75) is 44.8 Å².